The summed E-state index contributed by atoms with van der Waals surface area (Å²) in [6.45, 7) is 8.19. The summed E-state index contributed by atoms with van der Waals surface area (Å²) in [5.74, 6) is 0.798. The van der Waals surface area contributed by atoms with Crippen molar-refractivity contribution in [3.8, 4) is 0 Å². The Hall–Kier alpha value is -0.280. The number of rotatable bonds is 7. The minimum Gasteiger partial charge on any atom is -0.302 e. The Labute approximate surface area is 142 Å². The molecule has 0 radical (unpaired) electrons. The van der Waals surface area contributed by atoms with E-state index < -0.39 is 0 Å². The van der Waals surface area contributed by atoms with Gasteiger partial charge in [0.25, 0.3) is 0 Å². The molecule has 21 heavy (non-hydrogen) atoms. The van der Waals surface area contributed by atoms with Crippen LogP contribution in [0.1, 0.15) is 38.7 Å². The van der Waals surface area contributed by atoms with Crippen LogP contribution in [-0.4, -0.2) is 30.7 Å². The fourth-order valence-electron chi connectivity index (χ4n) is 2.78. The molecule has 2 nitrogen and oxygen atoms in total. The van der Waals surface area contributed by atoms with Gasteiger partial charge in [-0.15, -0.1) is 24.8 Å². The molecule has 122 valence electrons. The maximum Gasteiger partial charge on any atom is 0.0597 e. The van der Waals surface area contributed by atoms with Crippen LogP contribution in [0.25, 0.3) is 0 Å². The molecule has 0 bridgehead atoms. The molecule has 1 aromatic rings. The third kappa shape index (κ3) is 7.51. The van der Waals surface area contributed by atoms with Crippen molar-refractivity contribution in [2.45, 2.75) is 45.7 Å². The molecule has 1 heterocycles. The van der Waals surface area contributed by atoms with Gasteiger partial charge in [0, 0.05) is 6.54 Å². The Bertz CT molecular complexity index is 357. The highest BCUT2D eigenvalue weighted by molar-refractivity contribution is 5.85. The fourth-order valence-corrected chi connectivity index (χ4v) is 2.78. The largest absolute Gasteiger partial charge is 0.302 e. The average Bonchev–Trinajstić information content (AvgIpc) is 2.85. The Kier molecular flexibility index (Phi) is 11.2. The molecule has 0 aliphatic carbocycles. The molecule has 1 aliphatic heterocycles. The summed E-state index contributed by atoms with van der Waals surface area (Å²) in [5, 5.41) is 3.73. The van der Waals surface area contributed by atoms with Crippen LogP contribution in [0.15, 0.2) is 30.3 Å². The van der Waals surface area contributed by atoms with Gasteiger partial charge in [0.15, 0.2) is 0 Å². The monoisotopic (exact) mass is 332 g/mol. The van der Waals surface area contributed by atoms with Gasteiger partial charge in [0.2, 0.25) is 0 Å². The molecule has 0 amide bonds. The third-order valence-corrected chi connectivity index (χ3v) is 4.00. The Morgan fingerprint density at radius 3 is 2.57 bits per heavy atom. The number of nitrogens with zero attached hydrogens (tertiary/aromatic N) is 1. The molecule has 0 saturated carbocycles. The zero-order valence-corrected chi connectivity index (χ0v) is 14.9. The average molecular weight is 333 g/mol. The molecule has 1 aromatic carbocycles. The van der Waals surface area contributed by atoms with E-state index in [-0.39, 0.29) is 24.8 Å². The Balaban J connectivity index is 0.00000200. The summed E-state index contributed by atoms with van der Waals surface area (Å²) >= 11 is 0. The Morgan fingerprint density at radius 1 is 1.19 bits per heavy atom. The second-order valence-electron chi connectivity index (χ2n) is 6.07. The lowest BCUT2D eigenvalue weighted by atomic mass is 10.1. The van der Waals surface area contributed by atoms with Gasteiger partial charge in [-0.3, -0.25) is 4.90 Å². The van der Waals surface area contributed by atoms with E-state index in [0.717, 1.165) is 12.5 Å². The smallest absolute Gasteiger partial charge is 0.0597 e. The van der Waals surface area contributed by atoms with Crippen molar-refractivity contribution in [3.63, 3.8) is 0 Å². The lowest BCUT2D eigenvalue weighted by molar-refractivity contribution is 0.218. The maximum atomic E-state index is 3.73. The summed E-state index contributed by atoms with van der Waals surface area (Å²) in [6.07, 6.45) is 5.72. The first-order chi connectivity index (χ1) is 9.25. The highest BCUT2D eigenvalue weighted by Crippen LogP contribution is 2.16. The number of benzene rings is 1. The van der Waals surface area contributed by atoms with E-state index in [9.17, 15) is 0 Å². The van der Waals surface area contributed by atoms with Gasteiger partial charge in [-0.25, -0.2) is 0 Å². The van der Waals surface area contributed by atoms with Crippen LogP contribution in [-0.2, 0) is 6.42 Å². The van der Waals surface area contributed by atoms with E-state index in [1.807, 2.05) is 0 Å². The zero-order chi connectivity index (χ0) is 13.5. The number of likely N-dealkylation sites (tertiary alicyclic amines) is 1. The second-order valence-corrected chi connectivity index (χ2v) is 6.07. The second kappa shape index (κ2) is 11.3. The van der Waals surface area contributed by atoms with Crippen LogP contribution in [0.4, 0.5) is 0 Å². The molecule has 2 rings (SSSR count). The van der Waals surface area contributed by atoms with Crippen molar-refractivity contribution >= 4 is 24.8 Å². The molecule has 4 heteroatoms. The van der Waals surface area contributed by atoms with Gasteiger partial charge >= 0.3 is 0 Å². The van der Waals surface area contributed by atoms with Gasteiger partial charge in [0.05, 0.1) is 6.17 Å². The molecule has 1 unspecified atom stereocenters. The minimum atomic E-state index is 0. The van der Waals surface area contributed by atoms with E-state index in [4.69, 9.17) is 0 Å². The summed E-state index contributed by atoms with van der Waals surface area (Å²) in [5.41, 5.74) is 1.45. The van der Waals surface area contributed by atoms with Crippen LogP contribution in [0.5, 0.6) is 0 Å². The highest BCUT2D eigenvalue weighted by atomic mass is 35.5. The molecule has 1 N–H and O–H groups in total. The SMILES string of the molecule is CC(C)CCNC1CCCN1CCc1ccccc1.Cl.Cl. The summed E-state index contributed by atoms with van der Waals surface area (Å²) in [7, 11) is 0. The molecule has 1 fully saturated rings. The van der Waals surface area contributed by atoms with Crippen molar-refractivity contribution in [2.75, 3.05) is 19.6 Å². The molecule has 1 aliphatic rings. The quantitative estimate of drug-likeness (QED) is 0.807. The number of hydrogen-bond acceptors (Lipinski definition) is 2. The third-order valence-electron chi connectivity index (χ3n) is 4.00. The minimum absolute atomic E-state index is 0. The summed E-state index contributed by atoms with van der Waals surface area (Å²) < 4.78 is 0. The van der Waals surface area contributed by atoms with Gasteiger partial charge in [0.1, 0.15) is 0 Å². The molecule has 1 saturated heterocycles. The molecule has 1 atom stereocenters. The van der Waals surface area contributed by atoms with Crippen molar-refractivity contribution in [2.24, 2.45) is 5.92 Å². The molecule has 0 aromatic heterocycles. The lowest BCUT2D eigenvalue weighted by Gasteiger charge is -2.25. The van der Waals surface area contributed by atoms with Gasteiger partial charge in [-0.05, 0) is 50.3 Å². The van der Waals surface area contributed by atoms with Crippen LogP contribution in [0, 0.1) is 5.92 Å². The predicted molar refractivity (Wildman–Crippen MR) is 96.7 cm³/mol. The first-order valence-corrected chi connectivity index (χ1v) is 7.77. The lowest BCUT2D eigenvalue weighted by Crippen LogP contribution is -2.42. The first-order valence-electron chi connectivity index (χ1n) is 7.77. The van der Waals surface area contributed by atoms with E-state index >= 15 is 0 Å². The standard InChI is InChI=1S/C17H28N2.2ClH/c1-15(2)10-12-18-17-9-6-13-19(17)14-11-16-7-4-3-5-8-16;;/h3-5,7-8,15,17-18H,6,9-14H2,1-2H3;2*1H. The highest BCUT2D eigenvalue weighted by Gasteiger charge is 2.23. The van der Waals surface area contributed by atoms with E-state index in [1.165, 1.54) is 44.3 Å². The van der Waals surface area contributed by atoms with Crippen LogP contribution < -0.4 is 5.32 Å². The zero-order valence-electron chi connectivity index (χ0n) is 13.3. The van der Waals surface area contributed by atoms with Crippen LogP contribution in [0.3, 0.4) is 0 Å². The van der Waals surface area contributed by atoms with E-state index in [0.29, 0.717) is 6.17 Å². The first kappa shape index (κ1) is 20.7. The topological polar surface area (TPSA) is 15.3 Å². The number of halogens is 2. The van der Waals surface area contributed by atoms with Gasteiger partial charge in [-0.1, -0.05) is 44.2 Å². The summed E-state index contributed by atoms with van der Waals surface area (Å²) in [4.78, 5) is 2.62. The maximum absolute atomic E-state index is 3.73. The fraction of sp³-hybridized carbons (Fsp3) is 0.647. The van der Waals surface area contributed by atoms with Crippen molar-refractivity contribution < 1.29 is 0 Å². The molecular formula is C17H30Cl2N2. The predicted octanol–water partition coefficient (Wildman–Crippen LogP) is 4.13. The van der Waals surface area contributed by atoms with Crippen molar-refractivity contribution in [1.82, 2.24) is 10.2 Å². The summed E-state index contributed by atoms with van der Waals surface area (Å²) in [6, 6.07) is 10.8. The number of nitrogens with one attached hydrogen (secondary N) is 1. The van der Waals surface area contributed by atoms with Crippen LogP contribution >= 0.6 is 24.8 Å². The van der Waals surface area contributed by atoms with Gasteiger partial charge in [-0.2, -0.15) is 0 Å². The van der Waals surface area contributed by atoms with Crippen molar-refractivity contribution in [3.05, 3.63) is 35.9 Å². The van der Waals surface area contributed by atoms with E-state index in [2.05, 4.69) is 54.4 Å². The molecular weight excluding hydrogens is 303 g/mol. The Morgan fingerprint density at radius 2 is 1.90 bits per heavy atom. The number of hydrogen-bond donors (Lipinski definition) is 1. The normalized spacial score (nSPS) is 18.3. The van der Waals surface area contributed by atoms with Gasteiger partial charge < -0.3 is 5.32 Å². The van der Waals surface area contributed by atoms with E-state index in [1.54, 1.807) is 0 Å². The van der Waals surface area contributed by atoms with Crippen molar-refractivity contribution in [1.29, 1.82) is 0 Å². The molecule has 0 spiro atoms. The van der Waals surface area contributed by atoms with Crippen LogP contribution in [0.2, 0.25) is 0 Å².